The van der Waals surface area contributed by atoms with Crippen molar-refractivity contribution in [1.82, 2.24) is 0 Å². The molecule has 116 valence electrons. The molecule has 0 aliphatic heterocycles. The summed E-state index contributed by atoms with van der Waals surface area (Å²) in [6.45, 7) is 1.81. The van der Waals surface area contributed by atoms with Gasteiger partial charge in [-0.15, -0.1) is 0 Å². The minimum Gasteiger partial charge on any atom is -0.393 e. The average molecular weight is 348 g/mol. The SMILES string of the molecule is CCS(=O)(=O)[C@H]1[C@H](c2cccc(Cl)c2)[C@@]1(COC)C(N)=S. The minimum absolute atomic E-state index is 0.0445. The third kappa shape index (κ3) is 2.70. The quantitative estimate of drug-likeness (QED) is 0.798. The maximum atomic E-state index is 12.4. The Balaban J connectivity index is 2.54. The van der Waals surface area contributed by atoms with Gasteiger partial charge in [0.2, 0.25) is 0 Å². The van der Waals surface area contributed by atoms with E-state index in [1.165, 1.54) is 7.11 Å². The van der Waals surface area contributed by atoms with Crippen LogP contribution in [0.3, 0.4) is 0 Å². The van der Waals surface area contributed by atoms with Crippen LogP contribution >= 0.6 is 23.8 Å². The van der Waals surface area contributed by atoms with Gasteiger partial charge in [0.1, 0.15) is 0 Å². The largest absolute Gasteiger partial charge is 0.393 e. The number of thiocarbonyl (C=S) groups is 1. The van der Waals surface area contributed by atoms with Gasteiger partial charge >= 0.3 is 0 Å². The number of halogens is 1. The van der Waals surface area contributed by atoms with E-state index in [1.807, 2.05) is 6.07 Å². The van der Waals surface area contributed by atoms with Crippen LogP contribution in [0.25, 0.3) is 0 Å². The second-order valence-corrected chi connectivity index (χ2v) is 8.53. The highest BCUT2D eigenvalue weighted by Gasteiger charge is 2.72. The fourth-order valence-electron chi connectivity index (χ4n) is 3.06. The van der Waals surface area contributed by atoms with Crippen molar-refractivity contribution in [3.63, 3.8) is 0 Å². The maximum Gasteiger partial charge on any atom is 0.154 e. The van der Waals surface area contributed by atoms with Crippen LogP contribution in [0.1, 0.15) is 18.4 Å². The first-order chi connectivity index (χ1) is 9.81. The number of methoxy groups -OCH3 is 1. The van der Waals surface area contributed by atoms with E-state index in [2.05, 4.69) is 0 Å². The Morgan fingerprint density at radius 3 is 2.67 bits per heavy atom. The molecule has 1 aliphatic carbocycles. The van der Waals surface area contributed by atoms with Gasteiger partial charge in [-0.3, -0.25) is 0 Å². The van der Waals surface area contributed by atoms with Crippen LogP contribution in [0.15, 0.2) is 24.3 Å². The third-order valence-electron chi connectivity index (χ3n) is 4.10. The molecule has 2 rings (SSSR count). The molecule has 1 saturated carbocycles. The Morgan fingerprint density at radius 2 is 2.19 bits per heavy atom. The topological polar surface area (TPSA) is 69.4 Å². The molecule has 21 heavy (non-hydrogen) atoms. The van der Waals surface area contributed by atoms with Crippen LogP contribution in [0.2, 0.25) is 5.02 Å². The monoisotopic (exact) mass is 347 g/mol. The Bertz CT molecular complexity index is 662. The molecule has 0 aromatic heterocycles. The summed E-state index contributed by atoms with van der Waals surface area (Å²) in [6.07, 6.45) is 0. The molecule has 2 N–H and O–H groups in total. The summed E-state index contributed by atoms with van der Waals surface area (Å²) in [7, 11) is -1.78. The van der Waals surface area contributed by atoms with Crippen molar-refractivity contribution in [3.05, 3.63) is 34.9 Å². The molecule has 0 heterocycles. The van der Waals surface area contributed by atoms with Crippen molar-refractivity contribution in [2.45, 2.75) is 18.1 Å². The summed E-state index contributed by atoms with van der Waals surface area (Å²) in [6, 6.07) is 7.16. The van der Waals surface area contributed by atoms with Crippen molar-refractivity contribution >= 4 is 38.6 Å². The lowest BCUT2D eigenvalue weighted by atomic mass is 10.00. The van der Waals surface area contributed by atoms with Crippen LogP contribution in [0.5, 0.6) is 0 Å². The number of sulfone groups is 1. The number of rotatable bonds is 6. The summed E-state index contributed by atoms with van der Waals surface area (Å²) < 4.78 is 30.1. The van der Waals surface area contributed by atoms with Crippen molar-refractivity contribution in [2.24, 2.45) is 11.1 Å². The standard InChI is InChI=1S/C14H18ClNO3S2/c1-3-21(17,18)12-11(9-5-4-6-10(15)7-9)14(12,8-19-2)13(16)20/h4-7,11-12H,3,8H2,1-2H3,(H2,16,20)/t11-,12-,14+/m0/s1. The maximum absolute atomic E-state index is 12.4. The number of hydrogen-bond donors (Lipinski definition) is 1. The molecule has 0 radical (unpaired) electrons. The van der Waals surface area contributed by atoms with Crippen molar-refractivity contribution < 1.29 is 13.2 Å². The van der Waals surface area contributed by atoms with Gasteiger partial charge in [-0.2, -0.15) is 0 Å². The molecule has 1 aliphatic rings. The van der Waals surface area contributed by atoms with Crippen molar-refractivity contribution in [3.8, 4) is 0 Å². The molecule has 1 aromatic carbocycles. The molecule has 7 heteroatoms. The number of nitrogens with two attached hydrogens (primary N) is 1. The summed E-state index contributed by atoms with van der Waals surface area (Å²) in [5.74, 6) is -0.262. The molecule has 1 aromatic rings. The summed E-state index contributed by atoms with van der Waals surface area (Å²) in [5, 5.41) is -0.0905. The third-order valence-corrected chi connectivity index (χ3v) is 6.98. The van der Waals surface area contributed by atoms with E-state index in [0.717, 1.165) is 5.56 Å². The molecule has 0 bridgehead atoms. The highest BCUT2D eigenvalue weighted by molar-refractivity contribution is 7.92. The smallest absolute Gasteiger partial charge is 0.154 e. The lowest BCUT2D eigenvalue weighted by Crippen LogP contribution is -2.33. The molecular formula is C14H18ClNO3S2. The summed E-state index contributed by atoms with van der Waals surface area (Å²) in [4.78, 5) is 0.177. The lowest BCUT2D eigenvalue weighted by Gasteiger charge is -2.15. The zero-order chi connectivity index (χ0) is 15.8. The zero-order valence-electron chi connectivity index (χ0n) is 11.9. The summed E-state index contributed by atoms with van der Waals surface area (Å²) >= 11 is 11.2. The van der Waals surface area contributed by atoms with Gasteiger partial charge in [-0.05, 0) is 17.7 Å². The Hall–Kier alpha value is -0.690. The van der Waals surface area contributed by atoms with Gasteiger partial charge in [0.25, 0.3) is 0 Å². The number of hydrogen-bond acceptors (Lipinski definition) is 4. The van der Waals surface area contributed by atoms with Crippen molar-refractivity contribution in [1.29, 1.82) is 0 Å². The molecule has 0 amide bonds. The fraction of sp³-hybridized carbons (Fsp3) is 0.500. The van der Waals surface area contributed by atoms with Gasteiger partial charge in [0, 0.05) is 23.8 Å². The van der Waals surface area contributed by atoms with E-state index in [0.29, 0.717) is 5.02 Å². The fourth-order valence-corrected chi connectivity index (χ4v) is 5.72. The number of ether oxygens (including phenoxy) is 1. The highest BCUT2D eigenvalue weighted by atomic mass is 35.5. The molecule has 1 fully saturated rings. The van der Waals surface area contributed by atoms with Gasteiger partial charge in [0.05, 0.1) is 22.3 Å². The Morgan fingerprint density at radius 1 is 1.52 bits per heavy atom. The normalized spacial score (nSPS) is 28.3. The molecule has 4 nitrogen and oxygen atoms in total. The first kappa shape index (κ1) is 16.7. The zero-order valence-corrected chi connectivity index (χ0v) is 14.3. The molecule has 3 atom stereocenters. The highest BCUT2D eigenvalue weighted by Crippen LogP contribution is 2.63. The minimum atomic E-state index is -3.30. The molecular weight excluding hydrogens is 330 g/mol. The van der Waals surface area contributed by atoms with Crippen LogP contribution < -0.4 is 5.73 Å². The predicted octanol–water partition coefficient (Wildman–Crippen LogP) is 2.16. The molecule has 0 saturated heterocycles. The van der Waals surface area contributed by atoms with E-state index >= 15 is 0 Å². The molecule has 0 unspecified atom stereocenters. The van der Waals surface area contributed by atoms with Crippen LogP contribution in [-0.2, 0) is 14.6 Å². The van der Waals surface area contributed by atoms with Crippen LogP contribution in [0, 0.1) is 5.41 Å². The second-order valence-electron chi connectivity index (χ2n) is 5.24. The van der Waals surface area contributed by atoms with Crippen molar-refractivity contribution in [2.75, 3.05) is 19.5 Å². The van der Waals surface area contributed by atoms with Gasteiger partial charge in [-0.1, -0.05) is 42.9 Å². The molecule has 0 spiro atoms. The first-order valence-electron chi connectivity index (χ1n) is 6.57. The Kier molecular flexibility index (Phi) is 4.63. The van der Waals surface area contributed by atoms with Gasteiger partial charge < -0.3 is 10.5 Å². The number of benzene rings is 1. The van der Waals surface area contributed by atoms with E-state index in [1.54, 1.807) is 25.1 Å². The Labute approximate surface area is 135 Å². The van der Waals surface area contributed by atoms with E-state index in [-0.39, 0.29) is 23.3 Å². The summed E-state index contributed by atoms with van der Waals surface area (Å²) in [5.41, 5.74) is 5.86. The van der Waals surface area contributed by atoms with Gasteiger partial charge in [0.15, 0.2) is 9.84 Å². The predicted molar refractivity (Wildman–Crippen MR) is 88.5 cm³/mol. The lowest BCUT2D eigenvalue weighted by molar-refractivity contribution is 0.166. The van der Waals surface area contributed by atoms with E-state index in [9.17, 15) is 8.42 Å². The first-order valence-corrected chi connectivity index (χ1v) is 9.07. The van der Waals surface area contributed by atoms with Crippen LogP contribution in [0.4, 0.5) is 0 Å². The van der Waals surface area contributed by atoms with E-state index < -0.39 is 20.5 Å². The van der Waals surface area contributed by atoms with E-state index in [4.69, 9.17) is 34.3 Å². The second kappa shape index (κ2) is 5.83. The van der Waals surface area contributed by atoms with Crippen LogP contribution in [-0.4, -0.2) is 38.1 Å². The van der Waals surface area contributed by atoms with Gasteiger partial charge in [-0.25, -0.2) is 8.42 Å². The average Bonchev–Trinajstić information content (AvgIpc) is 3.10.